The van der Waals surface area contributed by atoms with Gasteiger partial charge in [0, 0.05) is 38.9 Å². The topological polar surface area (TPSA) is 33.7 Å². The summed E-state index contributed by atoms with van der Waals surface area (Å²) < 4.78 is 10.6. The highest BCUT2D eigenvalue weighted by atomic mass is 16.5. The van der Waals surface area contributed by atoms with E-state index in [1.165, 1.54) is 25.7 Å². The SMILES string of the molecule is CNC1CCCCC1N(CCOC)C(C)COC. The summed E-state index contributed by atoms with van der Waals surface area (Å²) in [4.78, 5) is 2.56. The summed E-state index contributed by atoms with van der Waals surface area (Å²) in [7, 11) is 5.63. The van der Waals surface area contributed by atoms with Crippen LogP contribution in [-0.4, -0.2) is 64.1 Å². The number of nitrogens with one attached hydrogen (secondary N) is 1. The summed E-state index contributed by atoms with van der Waals surface area (Å²) in [6.07, 6.45) is 5.25. The predicted molar refractivity (Wildman–Crippen MR) is 75.0 cm³/mol. The molecule has 18 heavy (non-hydrogen) atoms. The molecule has 0 bridgehead atoms. The minimum atomic E-state index is 0.448. The van der Waals surface area contributed by atoms with Crippen LogP contribution in [0.1, 0.15) is 32.6 Å². The fourth-order valence-electron chi connectivity index (χ4n) is 3.09. The minimum absolute atomic E-state index is 0.448. The largest absolute Gasteiger partial charge is 0.383 e. The smallest absolute Gasteiger partial charge is 0.0615 e. The summed E-state index contributed by atoms with van der Waals surface area (Å²) >= 11 is 0. The van der Waals surface area contributed by atoms with Gasteiger partial charge in [0.2, 0.25) is 0 Å². The number of ether oxygens (including phenoxy) is 2. The Hall–Kier alpha value is -0.160. The van der Waals surface area contributed by atoms with Gasteiger partial charge in [-0.3, -0.25) is 4.90 Å². The van der Waals surface area contributed by atoms with Crippen LogP contribution in [0, 0.1) is 0 Å². The number of hydrogen-bond acceptors (Lipinski definition) is 4. The van der Waals surface area contributed by atoms with Crippen LogP contribution in [0.4, 0.5) is 0 Å². The average molecular weight is 258 g/mol. The normalized spacial score (nSPS) is 26.5. The van der Waals surface area contributed by atoms with E-state index in [9.17, 15) is 0 Å². The Balaban J connectivity index is 2.65. The van der Waals surface area contributed by atoms with E-state index in [2.05, 4.69) is 24.2 Å². The third-order valence-corrected chi connectivity index (χ3v) is 4.05. The highest BCUT2D eigenvalue weighted by Gasteiger charge is 2.31. The molecule has 1 fully saturated rings. The Bertz CT molecular complexity index is 214. The Morgan fingerprint density at radius 1 is 1.22 bits per heavy atom. The summed E-state index contributed by atoms with van der Waals surface area (Å²) in [5, 5.41) is 3.48. The van der Waals surface area contributed by atoms with Crippen LogP contribution in [0.15, 0.2) is 0 Å². The molecule has 0 aromatic rings. The third-order valence-electron chi connectivity index (χ3n) is 4.05. The Morgan fingerprint density at radius 3 is 2.56 bits per heavy atom. The van der Waals surface area contributed by atoms with Gasteiger partial charge in [0.05, 0.1) is 13.2 Å². The van der Waals surface area contributed by atoms with Crippen LogP contribution in [-0.2, 0) is 9.47 Å². The lowest BCUT2D eigenvalue weighted by atomic mass is 9.88. The minimum Gasteiger partial charge on any atom is -0.383 e. The summed E-state index contributed by atoms with van der Waals surface area (Å²) in [5.41, 5.74) is 0. The Morgan fingerprint density at radius 2 is 1.94 bits per heavy atom. The lowest BCUT2D eigenvalue weighted by molar-refractivity contribution is 0.0239. The van der Waals surface area contributed by atoms with Crippen molar-refractivity contribution in [1.29, 1.82) is 0 Å². The molecule has 0 saturated heterocycles. The third kappa shape index (κ3) is 4.50. The van der Waals surface area contributed by atoms with Crippen molar-refractivity contribution in [3.05, 3.63) is 0 Å². The first kappa shape index (κ1) is 15.9. The lowest BCUT2D eigenvalue weighted by Gasteiger charge is -2.42. The first-order valence-electron chi connectivity index (χ1n) is 7.15. The molecular weight excluding hydrogens is 228 g/mol. The van der Waals surface area contributed by atoms with Crippen LogP contribution in [0.2, 0.25) is 0 Å². The highest BCUT2D eigenvalue weighted by Crippen LogP contribution is 2.24. The van der Waals surface area contributed by atoms with E-state index in [1.54, 1.807) is 14.2 Å². The van der Waals surface area contributed by atoms with E-state index in [4.69, 9.17) is 9.47 Å². The van der Waals surface area contributed by atoms with Crippen LogP contribution >= 0.6 is 0 Å². The number of methoxy groups -OCH3 is 2. The van der Waals surface area contributed by atoms with Crippen molar-refractivity contribution >= 4 is 0 Å². The molecule has 0 radical (unpaired) electrons. The maximum atomic E-state index is 5.32. The van der Waals surface area contributed by atoms with Gasteiger partial charge in [-0.15, -0.1) is 0 Å². The van der Waals surface area contributed by atoms with Gasteiger partial charge in [0.1, 0.15) is 0 Å². The number of nitrogens with zero attached hydrogens (tertiary/aromatic N) is 1. The van der Waals surface area contributed by atoms with E-state index in [0.717, 1.165) is 19.8 Å². The number of hydrogen-bond donors (Lipinski definition) is 1. The van der Waals surface area contributed by atoms with E-state index >= 15 is 0 Å². The summed E-state index contributed by atoms with van der Waals surface area (Å²) in [6.45, 7) is 4.82. The second kappa shape index (κ2) is 8.86. The van der Waals surface area contributed by atoms with Crippen molar-refractivity contribution in [3.63, 3.8) is 0 Å². The predicted octanol–water partition coefficient (Wildman–Crippen LogP) is 1.50. The van der Waals surface area contributed by atoms with Gasteiger partial charge in [0.15, 0.2) is 0 Å². The summed E-state index contributed by atoms with van der Waals surface area (Å²) in [5.74, 6) is 0. The molecule has 1 N–H and O–H groups in total. The lowest BCUT2D eigenvalue weighted by Crippen LogP contribution is -2.55. The van der Waals surface area contributed by atoms with E-state index in [0.29, 0.717) is 18.1 Å². The molecule has 1 saturated carbocycles. The molecule has 0 spiro atoms. The van der Waals surface area contributed by atoms with Crippen molar-refractivity contribution in [3.8, 4) is 0 Å². The molecular formula is C14H30N2O2. The zero-order chi connectivity index (χ0) is 13.4. The molecule has 3 atom stereocenters. The molecule has 4 nitrogen and oxygen atoms in total. The van der Waals surface area contributed by atoms with Gasteiger partial charge in [-0.1, -0.05) is 12.8 Å². The van der Waals surface area contributed by atoms with Gasteiger partial charge >= 0.3 is 0 Å². The molecule has 3 unspecified atom stereocenters. The maximum absolute atomic E-state index is 5.32. The fourth-order valence-corrected chi connectivity index (χ4v) is 3.09. The molecule has 0 aliphatic heterocycles. The van der Waals surface area contributed by atoms with Crippen molar-refractivity contribution in [1.82, 2.24) is 10.2 Å². The van der Waals surface area contributed by atoms with E-state index in [-0.39, 0.29) is 0 Å². The first-order chi connectivity index (χ1) is 8.74. The second-order valence-corrected chi connectivity index (χ2v) is 5.28. The van der Waals surface area contributed by atoms with Gasteiger partial charge in [-0.2, -0.15) is 0 Å². The van der Waals surface area contributed by atoms with E-state index in [1.807, 2.05) is 0 Å². The first-order valence-corrected chi connectivity index (χ1v) is 7.15. The molecule has 1 aliphatic carbocycles. The highest BCUT2D eigenvalue weighted by molar-refractivity contribution is 4.89. The van der Waals surface area contributed by atoms with Gasteiger partial charge in [-0.25, -0.2) is 0 Å². The summed E-state index contributed by atoms with van der Waals surface area (Å²) in [6, 6.07) is 1.67. The molecule has 0 aromatic heterocycles. The molecule has 0 heterocycles. The fraction of sp³-hybridized carbons (Fsp3) is 1.00. The van der Waals surface area contributed by atoms with E-state index < -0.39 is 0 Å². The van der Waals surface area contributed by atoms with Crippen molar-refractivity contribution in [2.24, 2.45) is 0 Å². The molecule has 0 amide bonds. The number of rotatable bonds is 8. The van der Waals surface area contributed by atoms with Crippen LogP contribution < -0.4 is 5.32 Å². The standard InChI is InChI=1S/C14H30N2O2/c1-12(11-18-4)16(9-10-17-3)14-8-6-5-7-13(14)15-2/h12-15H,5-11H2,1-4H3. The zero-order valence-electron chi connectivity index (χ0n) is 12.4. The van der Waals surface area contributed by atoms with Crippen molar-refractivity contribution in [2.45, 2.75) is 50.7 Å². The van der Waals surface area contributed by atoms with Crippen LogP contribution in [0.25, 0.3) is 0 Å². The molecule has 4 heteroatoms. The average Bonchev–Trinajstić information content (AvgIpc) is 2.40. The number of likely N-dealkylation sites (N-methyl/N-ethyl adjacent to an activating group) is 1. The van der Waals surface area contributed by atoms with Crippen molar-refractivity contribution in [2.75, 3.05) is 41.0 Å². The quantitative estimate of drug-likeness (QED) is 0.715. The Kier molecular flexibility index (Phi) is 7.82. The van der Waals surface area contributed by atoms with Crippen LogP contribution in [0.5, 0.6) is 0 Å². The van der Waals surface area contributed by atoms with Gasteiger partial charge in [-0.05, 0) is 26.8 Å². The Labute approximate surface area is 112 Å². The maximum Gasteiger partial charge on any atom is 0.0615 e. The van der Waals surface area contributed by atoms with Gasteiger partial charge < -0.3 is 14.8 Å². The molecule has 108 valence electrons. The molecule has 1 aliphatic rings. The van der Waals surface area contributed by atoms with Crippen LogP contribution in [0.3, 0.4) is 0 Å². The zero-order valence-corrected chi connectivity index (χ0v) is 12.4. The second-order valence-electron chi connectivity index (χ2n) is 5.28. The van der Waals surface area contributed by atoms with Gasteiger partial charge in [0.25, 0.3) is 0 Å². The monoisotopic (exact) mass is 258 g/mol. The van der Waals surface area contributed by atoms with Crippen molar-refractivity contribution < 1.29 is 9.47 Å². The molecule has 0 aromatic carbocycles. The molecule has 1 rings (SSSR count).